The highest BCUT2D eigenvalue weighted by molar-refractivity contribution is 5.95. The minimum Gasteiger partial charge on any atom is -0.481 e. The lowest BCUT2D eigenvalue weighted by atomic mass is 10.2. The normalized spacial score (nSPS) is 11.3. The third kappa shape index (κ3) is 3.83. The Balaban J connectivity index is 2.09. The lowest BCUT2D eigenvalue weighted by Crippen LogP contribution is -2.32. The summed E-state index contributed by atoms with van der Waals surface area (Å²) in [5.74, 6) is -0.306. The van der Waals surface area contributed by atoms with Gasteiger partial charge in [-0.2, -0.15) is 5.26 Å². The SMILES string of the molecule is CC[C@H](Oc1ccc(F)cc1)C(=O)Nc1ccccc1C#N. The van der Waals surface area contributed by atoms with Crippen LogP contribution >= 0.6 is 0 Å². The monoisotopic (exact) mass is 298 g/mol. The van der Waals surface area contributed by atoms with Gasteiger partial charge in [-0.3, -0.25) is 4.79 Å². The second-order valence-electron chi connectivity index (χ2n) is 4.62. The lowest BCUT2D eigenvalue weighted by Gasteiger charge is -2.17. The van der Waals surface area contributed by atoms with Gasteiger partial charge >= 0.3 is 0 Å². The number of anilines is 1. The highest BCUT2D eigenvalue weighted by atomic mass is 19.1. The van der Waals surface area contributed by atoms with Gasteiger partial charge in [-0.25, -0.2) is 4.39 Å². The van der Waals surface area contributed by atoms with Gasteiger partial charge in [-0.05, 0) is 42.8 Å². The molecule has 0 unspecified atom stereocenters. The van der Waals surface area contributed by atoms with Gasteiger partial charge in [-0.1, -0.05) is 19.1 Å². The molecule has 2 aromatic rings. The van der Waals surface area contributed by atoms with Crippen molar-refractivity contribution in [1.29, 1.82) is 5.26 Å². The van der Waals surface area contributed by atoms with Gasteiger partial charge in [0.2, 0.25) is 0 Å². The maximum atomic E-state index is 12.9. The van der Waals surface area contributed by atoms with Crippen LogP contribution in [0.4, 0.5) is 10.1 Å². The number of ether oxygens (including phenoxy) is 1. The summed E-state index contributed by atoms with van der Waals surface area (Å²) in [4.78, 5) is 12.3. The number of nitrogens with one attached hydrogen (secondary N) is 1. The zero-order valence-electron chi connectivity index (χ0n) is 12.0. The van der Waals surface area contributed by atoms with Crippen molar-refractivity contribution >= 4 is 11.6 Å². The fourth-order valence-corrected chi connectivity index (χ4v) is 1.90. The van der Waals surface area contributed by atoms with E-state index in [4.69, 9.17) is 10.00 Å². The predicted octanol–water partition coefficient (Wildman–Crippen LogP) is 3.49. The van der Waals surface area contributed by atoms with E-state index in [1.54, 1.807) is 24.3 Å². The Labute approximate surface area is 128 Å². The molecule has 0 saturated carbocycles. The first-order valence-electron chi connectivity index (χ1n) is 6.86. The zero-order valence-corrected chi connectivity index (χ0v) is 12.0. The first kappa shape index (κ1) is 15.5. The maximum Gasteiger partial charge on any atom is 0.265 e. The smallest absolute Gasteiger partial charge is 0.265 e. The van der Waals surface area contributed by atoms with Crippen LogP contribution in [0.15, 0.2) is 48.5 Å². The number of nitriles is 1. The third-order valence-electron chi connectivity index (χ3n) is 3.06. The largest absolute Gasteiger partial charge is 0.481 e. The van der Waals surface area contributed by atoms with Crippen LogP contribution in [0.5, 0.6) is 5.75 Å². The Bertz CT molecular complexity index is 693. The van der Waals surface area contributed by atoms with E-state index in [1.165, 1.54) is 24.3 Å². The van der Waals surface area contributed by atoms with Crippen molar-refractivity contribution in [3.8, 4) is 11.8 Å². The molecule has 0 aromatic heterocycles. The summed E-state index contributed by atoms with van der Waals surface area (Å²) in [6, 6.07) is 14.2. The molecule has 22 heavy (non-hydrogen) atoms. The third-order valence-corrected chi connectivity index (χ3v) is 3.06. The maximum absolute atomic E-state index is 12.9. The molecule has 4 nitrogen and oxygen atoms in total. The molecule has 1 N–H and O–H groups in total. The average Bonchev–Trinajstić information content (AvgIpc) is 2.54. The Morgan fingerprint density at radius 3 is 2.59 bits per heavy atom. The van der Waals surface area contributed by atoms with Gasteiger partial charge in [0.1, 0.15) is 17.6 Å². The molecule has 0 radical (unpaired) electrons. The van der Waals surface area contributed by atoms with Crippen LogP contribution < -0.4 is 10.1 Å². The lowest BCUT2D eigenvalue weighted by molar-refractivity contribution is -0.122. The van der Waals surface area contributed by atoms with Crippen LogP contribution in [0.3, 0.4) is 0 Å². The number of para-hydroxylation sites is 1. The van der Waals surface area contributed by atoms with Crippen molar-refractivity contribution in [3.63, 3.8) is 0 Å². The number of halogens is 1. The van der Waals surface area contributed by atoms with Crippen molar-refractivity contribution in [1.82, 2.24) is 0 Å². The van der Waals surface area contributed by atoms with Gasteiger partial charge in [0, 0.05) is 0 Å². The van der Waals surface area contributed by atoms with E-state index in [0.29, 0.717) is 23.4 Å². The van der Waals surface area contributed by atoms with E-state index >= 15 is 0 Å². The van der Waals surface area contributed by atoms with Crippen LogP contribution in [0, 0.1) is 17.1 Å². The second-order valence-corrected chi connectivity index (χ2v) is 4.62. The molecule has 0 spiro atoms. The summed E-state index contributed by atoms with van der Waals surface area (Å²) in [6.07, 6.45) is -0.282. The van der Waals surface area contributed by atoms with Gasteiger partial charge in [0.05, 0.1) is 11.3 Å². The predicted molar refractivity (Wildman–Crippen MR) is 80.9 cm³/mol. The number of hydrogen-bond donors (Lipinski definition) is 1. The van der Waals surface area contributed by atoms with E-state index in [1.807, 2.05) is 13.0 Å². The summed E-state index contributed by atoms with van der Waals surface area (Å²) in [7, 11) is 0. The number of benzene rings is 2. The fraction of sp³-hybridized carbons (Fsp3) is 0.176. The Kier molecular flexibility index (Phi) is 5.10. The van der Waals surface area contributed by atoms with Crippen LogP contribution in [0.2, 0.25) is 0 Å². The molecule has 1 amide bonds. The molecular formula is C17H15FN2O2. The van der Waals surface area contributed by atoms with E-state index in [9.17, 15) is 9.18 Å². The van der Waals surface area contributed by atoms with E-state index in [-0.39, 0.29) is 11.7 Å². The first-order valence-corrected chi connectivity index (χ1v) is 6.86. The second kappa shape index (κ2) is 7.23. The first-order chi connectivity index (χ1) is 10.6. The fourth-order valence-electron chi connectivity index (χ4n) is 1.90. The highest BCUT2D eigenvalue weighted by Gasteiger charge is 2.19. The number of nitrogens with zero attached hydrogens (tertiary/aromatic N) is 1. The molecule has 0 saturated heterocycles. The van der Waals surface area contributed by atoms with Gasteiger partial charge in [0.25, 0.3) is 5.91 Å². The van der Waals surface area contributed by atoms with Crippen LogP contribution in [0.25, 0.3) is 0 Å². The topological polar surface area (TPSA) is 62.1 Å². The van der Waals surface area contributed by atoms with Gasteiger partial charge < -0.3 is 10.1 Å². The standard InChI is InChI=1S/C17H15FN2O2/c1-2-16(22-14-9-7-13(18)8-10-14)17(21)20-15-6-4-3-5-12(15)11-19/h3-10,16H,2H2,1H3,(H,20,21)/t16-/m0/s1. The van der Waals surface area contributed by atoms with Gasteiger partial charge in [-0.15, -0.1) is 0 Å². The molecule has 0 bridgehead atoms. The number of carbonyl (C=O) groups excluding carboxylic acids is 1. The van der Waals surface area contributed by atoms with Crippen LogP contribution in [-0.2, 0) is 4.79 Å². The summed E-state index contributed by atoms with van der Waals surface area (Å²) in [5, 5.41) is 11.7. The van der Waals surface area contributed by atoms with Crippen molar-refractivity contribution in [2.45, 2.75) is 19.4 Å². The Morgan fingerprint density at radius 2 is 1.95 bits per heavy atom. The molecule has 0 heterocycles. The Morgan fingerprint density at radius 1 is 1.27 bits per heavy atom. The molecule has 1 atom stereocenters. The van der Waals surface area contributed by atoms with E-state index < -0.39 is 6.10 Å². The van der Waals surface area contributed by atoms with E-state index in [2.05, 4.69) is 5.32 Å². The summed E-state index contributed by atoms with van der Waals surface area (Å²) in [6.45, 7) is 1.81. The number of carbonyl (C=O) groups is 1. The summed E-state index contributed by atoms with van der Waals surface area (Å²) in [5.41, 5.74) is 0.823. The molecule has 0 aliphatic heterocycles. The van der Waals surface area contributed by atoms with Crippen molar-refractivity contribution in [3.05, 3.63) is 59.9 Å². The minimum absolute atomic E-state index is 0.352. The van der Waals surface area contributed by atoms with Gasteiger partial charge in [0.15, 0.2) is 6.10 Å². The highest BCUT2D eigenvalue weighted by Crippen LogP contribution is 2.17. The molecule has 5 heteroatoms. The molecule has 2 aromatic carbocycles. The average molecular weight is 298 g/mol. The molecule has 112 valence electrons. The Hall–Kier alpha value is -2.87. The molecular weight excluding hydrogens is 283 g/mol. The summed E-state index contributed by atoms with van der Waals surface area (Å²) >= 11 is 0. The molecule has 0 aliphatic rings. The van der Waals surface area contributed by atoms with Crippen molar-refractivity contribution in [2.75, 3.05) is 5.32 Å². The number of hydrogen-bond acceptors (Lipinski definition) is 3. The molecule has 2 rings (SSSR count). The molecule has 0 fully saturated rings. The van der Waals surface area contributed by atoms with E-state index in [0.717, 1.165) is 0 Å². The number of rotatable bonds is 5. The summed E-state index contributed by atoms with van der Waals surface area (Å²) < 4.78 is 18.4. The number of amides is 1. The molecule has 0 aliphatic carbocycles. The zero-order chi connectivity index (χ0) is 15.9. The van der Waals surface area contributed by atoms with Crippen LogP contribution in [-0.4, -0.2) is 12.0 Å². The van der Waals surface area contributed by atoms with Crippen LogP contribution in [0.1, 0.15) is 18.9 Å². The van der Waals surface area contributed by atoms with Crippen molar-refractivity contribution < 1.29 is 13.9 Å². The van der Waals surface area contributed by atoms with Crippen molar-refractivity contribution in [2.24, 2.45) is 0 Å². The quantitative estimate of drug-likeness (QED) is 0.919. The minimum atomic E-state index is -0.725.